The van der Waals surface area contributed by atoms with Gasteiger partial charge in [-0.25, -0.2) is 4.79 Å². The first kappa shape index (κ1) is 17.8. The van der Waals surface area contributed by atoms with Gasteiger partial charge in [0.15, 0.2) is 6.61 Å². The Morgan fingerprint density at radius 1 is 1.15 bits per heavy atom. The largest absolute Gasteiger partial charge is 0.488 e. The minimum atomic E-state index is -0.519. The zero-order valence-electron chi connectivity index (χ0n) is 14.0. The number of ether oxygens (including phenoxy) is 2. The van der Waals surface area contributed by atoms with Crippen LogP contribution in [0.4, 0.5) is 5.69 Å². The van der Waals surface area contributed by atoms with Crippen LogP contribution in [0.25, 0.3) is 10.4 Å². The van der Waals surface area contributed by atoms with E-state index in [9.17, 15) is 9.59 Å². The third-order valence-corrected chi connectivity index (χ3v) is 5.89. The Kier molecular flexibility index (Phi) is 4.96. The maximum absolute atomic E-state index is 12.4. The van der Waals surface area contributed by atoms with E-state index in [0.717, 1.165) is 26.2 Å². The van der Waals surface area contributed by atoms with Crippen molar-refractivity contribution >= 4 is 44.8 Å². The molecule has 5 nitrogen and oxygen atoms in total. The van der Waals surface area contributed by atoms with Crippen LogP contribution in [0.1, 0.15) is 15.2 Å². The molecule has 3 aromatic rings. The Labute approximate surface area is 168 Å². The first-order valence-electron chi connectivity index (χ1n) is 8.18. The highest BCUT2D eigenvalue weighted by molar-refractivity contribution is 9.10. The lowest BCUT2D eigenvalue weighted by Gasteiger charge is -2.16. The number of anilines is 1. The van der Waals surface area contributed by atoms with Crippen LogP contribution in [0.15, 0.2) is 59.1 Å². The van der Waals surface area contributed by atoms with Gasteiger partial charge in [0.1, 0.15) is 17.2 Å². The number of para-hydroxylation sites is 2. The fourth-order valence-corrected chi connectivity index (χ4v) is 4.23. The number of thiophene rings is 1. The summed E-state index contributed by atoms with van der Waals surface area (Å²) in [6.07, 6.45) is 0. The van der Waals surface area contributed by atoms with Crippen LogP contribution in [-0.4, -0.2) is 18.5 Å². The highest BCUT2D eigenvalue weighted by Crippen LogP contribution is 2.42. The predicted molar refractivity (Wildman–Crippen MR) is 107 cm³/mol. The fourth-order valence-electron chi connectivity index (χ4n) is 2.75. The normalized spacial score (nSPS) is 11.7. The zero-order chi connectivity index (χ0) is 18.8. The summed E-state index contributed by atoms with van der Waals surface area (Å²) in [5.41, 5.74) is 2.54. The second-order valence-electron chi connectivity index (χ2n) is 5.85. The molecule has 1 aliphatic rings. The van der Waals surface area contributed by atoms with Gasteiger partial charge in [-0.2, -0.15) is 0 Å². The summed E-state index contributed by atoms with van der Waals surface area (Å²) in [5.74, 6) is -0.112. The number of carbonyl (C=O) groups is 2. The van der Waals surface area contributed by atoms with Crippen molar-refractivity contribution < 1.29 is 19.1 Å². The summed E-state index contributed by atoms with van der Waals surface area (Å²) in [4.78, 5) is 25.8. The Balaban J connectivity index is 1.42. The van der Waals surface area contributed by atoms with Crippen LogP contribution in [0, 0.1) is 0 Å². The number of halogens is 1. The van der Waals surface area contributed by atoms with Crippen molar-refractivity contribution in [3.8, 4) is 16.2 Å². The summed E-state index contributed by atoms with van der Waals surface area (Å²) >= 11 is 4.71. The lowest BCUT2D eigenvalue weighted by molar-refractivity contribution is -0.119. The molecule has 0 saturated carbocycles. The van der Waals surface area contributed by atoms with E-state index in [1.165, 1.54) is 11.3 Å². The Hall–Kier alpha value is -2.64. The molecule has 7 heteroatoms. The first-order valence-corrected chi connectivity index (χ1v) is 9.79. The van der Waals surface area contributed by atoms with Crippen molar-refractivity contribution in [3.05, 3.63) is 69.5 Å². The smallest absolute Gasteiger partial charge is 0.348 e. The molecule has 0 fully saturated rings. The molecule has 136 valence electrons. The number of carbonyl (C=O) groups excluding carboxylic acids is 2. The van der Waals surface area contributed by atoms with Gasteiger partial charge in [-0.1, -0.05) is 24.3 Å². The number of nitrogens with one attached hydrogen (secondary N) is 1. The summed E-state index contributed by atoms with van der Waals surface area (Å²) in [6, 6.07) is 16.7. The lowest BCUT2D eigenvalue weighted by atomic mass is 10.1. The summed E-state index contributed by atoms with van der Waals surface area (Å²) in [6.45, 7) is 0.0640. The van der Waals surface area contributed by atoms with E-state index >= 15 is 0 Å². The van der Waals surface area contributed by atoms with E-state index in [1.54, 1.807) is 12.1 Å². The summed E-state index contributed by atoms with van der Waals surface area (Å²) in [7, 11) is 0. The Morgan fingerprint density at radius 2 is 1.93 bits per heavy atom. The summed E-state index contributed by atoms with van der Waals surface area (Å²) < 4.78 is 11.6. The Morgan fingerprint density at radius 3 is 2.78 bits per heavy atom. The maximum atomic E-state index is 12.4. The minimum Gasteiger partial charge on any atom is -0.488 e. The van der Waals surface area contributed by atoms with Gasteiger partial charge in [0.05, 0.1) is 5.69 Å². The number of fused-ring (bicyclic) bond motifs is 3. The average Bonchev–Trinajstić information content (AvgIpc) is 3.13. The van der Waals surface area contributed by atoms with Gasteiger partial charge in [-0.3, -0.25) is 4.79 Å². The predicted octanol–water partition coefficient (Wildman–Crippen LogP) is 4.87. The van der Waals surface area contributed by atoms with Gasteiger partial charge in [0, 0.05) is 20.5 Å². The van der Waals surface area contributed by atoms with E-state index in [0.29, 0.717) is 17.2 Å². The molecule has 1 aromatic heterocycles. The van der Waals surface area contributed by atoms with Gasteiger partial charge < -0.3 is 14.8 Å². The van der Waals surface area contributed by atoms with Crippen molar-refractivity contribution in [3.63, 3.8) is 0 Å². The molecule has 0 saturated heterocycles. The molecule has 2 aromatic carbocycles. The lowest BCUT2D eigenvalue weighted by Crippen LogP contribution is -2.20. The number of rotatable bonds is 4. The number of esters is 1. The number of hydrogen-bond acceptors (Lipinski definition) is 5. The van der Waals surface area contributed by atoms with Crippen molar-refractivity contribution in [2.45, 2.75) is 6.61 Å². The molecule has 4 rings (SSSR count). The molecular weight excluding hydrogens is 430 g/mol. The molecule has 27 heavy (non-hydrogen) atoms. The number of benzene rings is 2. The highest BCUT2D eigenvalue weighted by atomic mass is 79.9. The second-order valence-corrected chi connectivity index (χ2v) is 7.76. The van der Waals surface area contributed by atoms with E-state index in [4.69, 9.17) is 9.47 Å². The molecule has 1 N–H and O–H groups in total. The molecule has 0 atom stereocenters. The number of amides is 1. The van der Waals surface area contributed by atoms with Crippen LogP contribution < -0.4 is 10.1 Å². The molecule has 0 spiro atoms. The monoisotopic (exact) mass is 443 g/mol. The van der Waals surface area contributed by atoms with Crippen LogP contribution in [0.2, 0.25) is 0 Å². The molecule has 0 radical (unpaired) electrons. The zero-order valence-corrected chi connectivity index (χ0v) is 16.4. The van der Waals surface area contributed by atoms with Crippen LogP contribution in [0.5, 0.6) is 5.75 Å². The van der Waals surface area contributed by atoms with Crippen molar-refractivity contribution in [1.82, 2.24) is 0 Å². The SMILES string of the molecule is O=C(COC(=O)c1cc2c(s1)-c1ccccc1OC2)Nc1ccccc1Br. The third kappa shape index (κ3) is 3.74. The van der Waals surface area contributed by atoms with E-state index in [-0.39, 0.29) is 6.61 Å². The Bertz CT molecular complexity index is 1030. The molecule has 1 aliphatic heterocycles. The van der Waals surface area contributed by atoms with E-state index in [1.807, 2.05) is 42.5 Å². The molecule has 1 amide bonds. The van der Waals surface area contributed by atoms with Gasteiger partial charge in [0.25, 0.3) is 5.91 Å². The van der Waals surface area contributed by atoms with Gasteiger partial charge in [0.2, 0.25) is 0 Å². The maximum Gasteiger partial charge on any atom is 0.348 e. The van der Waals surface area contributed by atoms with Gasteiger partial charge in [-0.15, -0.1) is 11.3 Å². The number of hydrogen-bond donors (Lipinski definition) is 1. The minimum absolute atomic E-state index is 0.351. The fraction of sp³-hybridized carbons (Fsp3) is 0.100. The molecule has 0 bridgehead atoms. The molecular formula is C20H14BrNO4S. The van der Waals surface area contributed by atoms with E-state index < -0.39 is 11.9 Å². The quantitative estimate of drug-likeness (QED) is 0.584. The average molecular weight is 444 g/mol. The van der Waals surface area contributed by atoms with Crippen molar-refractivity contribution in [1.29, 1.82) is 0 Å². The highest BCUT2D eigenvalue weighted by Gasteiger charge is 2.23. The van der Waals surface area contributed by atoms with Crippen LogP contribution in [0.3, 0.4) is 0 Å². The van der Waals surface area contributed by atoms with Crippen molar-refractivity contribution in [2.24, 2.45) is 0 Å². The molecule has 0 aliphatic carbocycles. The third-order valence-electron chi connectivity index (χ3n) is 4.01. The van der Waals surface area contributed by atoms with Gasteiger partial charge in [-0.05, 0) is 46.3 Å². The topological polar surface area (TPSA) is 64.6 Å². The standard InChI is InChI=1S/C20H14BrNO4S/c21-14-6-2-3-7-15(14)22-18(23)11-26-20(24)17-9-12-10-25-16-8-4-1-5-13(16)19(12)27-17/h1-9H,10-11H2,(H,22,23). The molecule has 0 unspecified atom stereocenters. The van der Waals surface area contributed by atoms with Crippen LogP contribution in [-0.2, 0) is 16.1 Å². The van der Waals surface area contributed by atoms with Crippen LogP contribution >= 0.6 is 27.3 Å². The van der Waals surface area contributed by atoms with E-state index in [2.05, 4.69) is 21.2 Å². The summed E-state index contributed by atoms with van der Waals surface area (Å²) in [5, 5.41) is 2.70. The second kappa shape index (κ2) is 7.54. The van der Waals surface area contributed by atoms with Gasteiger partial charge >= 0.3 is 5.97 Å². The first-order chi connectivity index (χ1) is 13.1. The molecule has 2 heterocycles. The van der Waals surface area contributed by atoms with Crippen molar-refractivity contribution in [2.75, 3.05) is 11.9 Å².